The van der Waals surface area contributed by atoms with E-state index in [9.17, 15) is 4.79 Å². The molecule has 86 valence electrons. The van der Waals surface area contributed by atoms with Crippen LogP contribution in [0.4, 0.5) is 0 Å². The molecule has 0 aromatic carbocycles. The summed E-state index contributed by atoms with van der Waals surface area (Å²) in [6, 6.07) is 0.0929. The van der Waals surface area contributed by atoms with Crippen LogP contribution in [0.1, 0.15) is 33.1 Å². The van der Waals surface area contributed by atoms with Crippen LogP contribution in [-0.4, -0.2) is 36.5 Å². The number of nitrogens with one attached hydrogen (secondary N) is 1. The van der Waals surface area contributed by atoms with Crippen LogP contribution < -0.4 is 5.32 Å². The van der Waals surface area contributed by atoms with Gasteiger partial charge >= 0.3 is 0 Å². The van der Waals surface area contributed by atoms with Gasteiger partial charge in [0.1, 0.15) is 0 Å². The van der Waals surface area contributed by atoms with Gasteiger partial charge in [0.15, 0.2) is 0 Å². The second-order valence-corrected chi connectivity index (χ2v) is 5.23. The fraction of sp³-hybridized carbons (Fsp3) is 0.917. The Morgan fingerprint density at radius 1 is 1.33 bits per heavy atom. The molecule has 15 heavy (non-hydrogen) atoms. The summed E-state index contributed by atoms with van der Waals surface area (Å²) in [5.41, 5.74) is 0. The molecule has 3 unspecified atom stereocenters. The molecule has 3 atom stereocenters. The molecule has 0 aliphatic carbocycles. The van der Waals surface area contributed by atoms with E-state index in [4.69, 9.17) is 0 Å². The quantitative estimate of drug-likeness (QED) is 0.706. The van der Waals surface area contributed by atoms with Crippen LogP contribution in [0.3, 0.4) is 0 Å². The molecule has 2 aliphatic heterocycles. The Morgan fingerprint density at radius 2 is 2.13 bits per heavy atom. The van der Waals surface area contributed by atoms with Crippen LogP contribution in [-0.2, 0) is 4.79 Å². The first-order valence-electron chi connectivity index (χ1n) is 6.20. The molecule has 1 N–H and O–H groups in total. The normalized spacial score (nSPS) is 36.9. The number of carbonyl (C=O) groups excluding carboxylic acids is 1. The van der Waals surface area contributed by atoms with Gasteiger partial charge in [0.05, 0.1) is 6.04 Å². The average Bonchev–Trinajstić information content (AvgIpc) is 2.63. The smallest absolute Gasteiger partial charge is 0.239 e. The summed E-state index contributed by atoms with van der Waals surface area (Å²) in [6.07, 6.45) is 3.59. The van der Waals surface area contributed by atoms with Crippen molar-refractivity contribution in [1.82, 2.24) is 10.2 Å². The first-order valence-corrected chi connectivity index (χ1v) is 6.20. The molecule has 2 heterocycles. The lowest BCUT2D eigenvalue weighted by Gasteiger charge is -2.33. The van der Waals surface area contributed by atoms with E-state index in [-0.39, 0.29) is 6.04 Å². The van der Waals surface area contributed by atoms with E-state index < -0.39 is 0 Å². The molecule has 0 aromatic heterocycles. The third-order valence-electron chi connectivity index (χ3n) is 3.77. The highest BCUT2D eigenvalue weighted by Crippen LogP contribution is 2.21. The minimum Gasteiger partial charge on any atom is -0.341 e. The SMILES string of the molecule is CC1CCCN(C(=O)C2NCCC2C)C1. The van der Waals surface area contributed by atoms with Crippen molar-refractivity contribution in [2.75, 3.05) is 19.6 Å². The van der Waals surface area contributed by atoms with Gasteiger partial charge in [-0.1, -0.05) is 13.8 Å². The largest absolute Gasteiger partial charge is 0.341 e. The summed E-state index contributed by atoms with van der Waals surface area (Å²) in [5.74, 6) is 1.53. The van der Waals surface area contributed by atoms with E-state index in [1.54, 1.807) is 0 Å². The Kier molecular flexibility index (Phi) is 3.29. The molecule has 3 heteroatoms. The lowest BCUT2D eigenvalue weighted by atomic mass is 9.97. The summed E-state index contributed by atoms with van der Waals surface area (Å²) in [7, 11) is 0. The van der Waals surface area contributed by atoms with Gasteiger partial charge in [0.25, 0.3) is 0 Å². The predicted octanol–water partition coefficient (Wildman–Crippen LogP) is 1.24. The molecule has 0 spiro atoms. The number of amides is 1. The van der Waals surface area contributed by atoms with Gasteiger partial charge in [0, 0.05) is 13.1 Å². The molecule has 3 nitrogen and oxygen atoms in total. The maximum absolute atomic E-state index is 12.2. The summed E-state index contributed by atoms with van der Waals surface area (Å²) in [5, 5.41) is 3.33. The Morgan fingerprint density at radius 3 is 2.73 bits per heavy atom. The standard InChI is InChI=1S/C12H22N2O/c1-9-4-3-7-14(8-9)12(15)11-10(2)5-6-13-11/h9-11,13H,3-8H2,1-2H3. The maximum Gasteiger partial charge on any atom is 0.239 e. The van der Waals surface area contributed by atoms with Crippen molar-refractivity contribution in [2.24, 2.45) is 11.8 Å². The molecule has 0 radical (unpaired) electrons. The number of nitrogens with zero attached hydrogens (tertiary/aromatic N) is 1. The number of hydrogen-bond donors (Lipinski definition) is 1. The molecule has 0 aromatic rings. The molecule has 2 fully saturated rings. The summed E-state index contributed by atoms with van der Waals surface area (Å²) < 4.78 is 0. The van der Waals surface area contributed by atoms with Crippen molar-refractivity contribution in [3.63, 3.8) is 0 Å². The minimum atomic E-state index is 0.0929. The van der Waals surface area contributed by atoms with E-state index >= 15 is 0 Å². The number of carbonyl (C=O) groups is 1. The van der Waals surface area contributed by atoms with E-state index in [0.717, 1.165) is 26.1 Å². The Hall–Kier alpha value is -0.570. The number of piperidine rings is 1. The topological polar surface area (TPSA) is 32.3 Å². The minimum absolute atomic E-state index is 0.0929. The summed E-state index contributed by atoms with van der Waals surface area (Å²) in [6.45, 7) is 7.35. The molecule has 2 saturated heterocycles. The van der Waals surface area contributed by atoms with Gasteiger partial charge in [-0.05, 0) is 37.6 Å². The van der Waals surface area contributed by atoms with Gasteiger partial charge in [-0.15, -0.1) is 0 Å². The second kappa shape index (κ2) is 4.52. The molecular weight excluding hydrogens is 188 g/mol. The first kappa shape index (κ1) is 10.9. The Bertz CT molecular complexity index is 242. The maximum atomic E-state index is 12.2. The van der Waals surface area contributed by atoms with E-state index in [0.29, 0.717) is 17.7 Å². The summed E-state index contributed by atoms with van der Waals surface area (Å²) in [4.78, 5) is 14.3. The Labute approximate surface area is 92.2 Å². The van der Waals surface area contributed by atoms with Crippen LogP contribution in [0.25, 0.3) is 0 Å². The van der Waals surface area contributed by atoms with Gasteiger partial charge in [-0.25, -0.2) is 0 Å². The predicted molar refractivity (Wildman–Crippen MR) is 60.5 cm³/mol. The van der Waals surface area contributed by atoms with Crippen molar-refractivity contribution in [3.05, 3.63) is 0 Å². The zero-order valence-corrected chi connectivity index (χ0v) is 9.83. The third-order valence-corrected chi connectivity index (χ3v) is 3.77. The lowest BCUT2D eigenvalue weighted by Crippen LogP contribution is -2.49. The second-order valence-electron chi connectivity index (χ2n) is 5.23. The average molecular weight is 210 g/mol. The molecule has 1 amide bonds. The van der Waals surface area contributed by atoms with Gasteiger partial charge in [0.2, 0.25) is 5.91 Å². The van der Waals surface area contributed by atoms with Crippen molar-refractivity contribution >= 4 is 5.91 Å². The highest BCUT2D eigenvalue weighted by molar-refractivity contribution is 5.82. The highest BCUT2D eigenvalue weighted by atomic mass is 16.2. The highest BCUT2D eigenvalue weighted by Gasteiger charge is 2.33. The van der Waals surface area contributed by atoms with E-state index in [1.807, 2.05) is 0 Å². The first-order chi connectivity index (χ1) is 7.18. The van der Waals surface area contributed by atoms with Gasteiger partial charge in [-0.3, -0.25) is 4.79 Å². The zero-order valence-electron chi connectivity index (χ0n) is 9.83. The van der Waals surface area contributed by atoms with Crippen LogP contribution in [0, 0.1) is 11.8 Å². The molecule has 2 aliphatic rings. The van der Waals surface area contributed by atoms with Crippen molar-refractivity contribution < 1.29 is 4.79 Å². The number of hydrogen-bond acceptors (Lipinski definition) is 2. The van der Waals surface area contributed by atoms with Crippen LogP contribution in [0.15, 0.2) is 0 Å². The number of likely N-dealkylation sites (tertiary alicyclic amines) is 1. The van der Waals surface area contributed by atoms with Gasteiger partial charge < -0.3 is 10.2 Å². The van der Waals surface area contributed by atoms with Crippen molar-refractivity contribution in [2.45, 2.75) is 39.2 Å². The summed E-state index contributed by atoms with van der Waals surface area (Å²) >= 11 is 0. The van der Waals surface area contributed by atoms with E-state index in [1.165, 1.54) is 12.8 Å². The van der Waals surface area contributed by atoms with Crippen molar-refractivity contribution in [3.8, 4) is 0 Å². The van der Waals surface area contributed by atoms with Crippen LogP contribution in [0.2, 0.25) is 0 Å². The molecule has 0 bridgehead atoms. The number of rotatable bonds is 1. The Balaban J connectivity index is 1.94. The lowest BCUT2D eigenvalue weighted by molar-refractivity contribution is -0.135. The molecule has 0 saturated carbocycles. The fourth-order valence-electron chi connectivity index (χ4n) is 2.75. The third kappa shape index (κ3) is 2.33. The van der Waals surface area contributed by atoms with Gasteiger partial charge in [-0.2, -0.15) is 0 Å². The molecule has 2 rings (SSSR count). The van der Waals surface area contributed by atoms with Crippen molar-refractivity contribution in [1.29, 1.82) is 0 Å². The van der Waals surface area contributed by atoms with E-state index in [2.05, 4.69) is 24.1 Å². The molecular formula is C12H22N2O. The monoisotopic (exact) mass is 210 g/mol. The fourth-order valence-corrected chi connectivity index (χ4v) is 2.75. The zero-order chi connectivity index (χ0) is 10.8. The van der Waals surface area contributed by atoms with Crippen LogP contribution >= 0.6 is 0 Å². The van der Waals surface area contributed by atoms with Crippen LogP contribution in [0.5, 0.6) is 0 Å².